The molecule has 30 heavy (non-hydrogen) atoms. The summed E-state index contributed by atoms with van der Waals surface area (Å²) in [6, 6.07) is 13.7. The quantitative estimate of drug-likeness (QED) is 0.651. The highest BCUT2D eigenvalue weighted by atomic mass is 19.1. The van der Waals surface area contributed by atoms with E-state index in [4.69, 9.17) is 0 Å². The average molecular weight is 406 g/mol. The molecular formula is C22H23FN6O. The highest BCUT2D eigenvalue weighted by Crippen LogP contribution is 2.27. The first-order chi connectivity index (χ1) is 14.7. The molecule has 0 bridgehead atoms. The van der Waals surface area contributed by atoms with Crippen molar-refractivity contribution in [1.29, 1.82) is 0 Å². The topological polar surface area (TPSA) is 83.0 Å². The molecule has 1 amide bonds. The number of likely N-dealkylation sites (tertiary alicyclic amines) is 1. The maximum absolute atomic E-state index is 13.7. The number of carbonyl (C=O) groups is 1. The molecule has 1 saturated heterocycles. The van der Waals surface area contributed by atoms with Gasteiger partial charge in [0, 0.05) is 24.0 Å². The van der Waals surface area contributed by atoms with Crippen LogP contribution in [0, 0.1) is 5.82 Å². The largest absolute Gasteiger partial charge is 0.322 e. The van der Waals surface area contributed by atoms with E-state index in [-0.39, 0.29) is 18.1 Å². The molecular weight excluding hydrogens is 383 g/mol. The minimum atomic E-state index is -0.427. The van der Waals surface area contributed by atoms with E-state index in [1.807, 2.05) is 24.3 Å². The molecule has 3 aromatic rings. The van der Waals surface area contributed by atoms with Crippen LogP contribution in [-0.4, -0.2) is 45.4 Å². The number of halogens is 1. The molecule has 0 spiro atoms. The molecule has 0 radical (unpaired) electrons. The standard InChI is InChI=1S/C22H23FN6O/c23-17-5-1-2-6-19(17)26-21(30)15-29-13-9-16(10-14-29)18-8-12-25-22(27-18)28-20-7-3-4-11-24-20/h1-8,11-12,16H,9-10,13-15H2,(H,26,30)(H,24,25,27,28). The van der Waals surface area contributed by atoms with Crippen LogP contribution in [0.4, 0.5) is 21.8 Å². The second-order valence-electron chi connectivity index (χ2n) is 7.22. The Labute approximate surface area is 174 Å². The first-order valence-electron chi connectivity index (χ1n) is 9.95. The lowest BCUT2D eigenvalue weighted by atomic mass is 9.93. The van der Waals surface area contributed by atoms with E-state index in [0.29, 0.717) is 17.7 Å². The van der Waals surface area contributed by atoms with Gasteiger partial charge < -0.3 is 10.6 Å². The van der Waals surface area contributed by atoms with Crippen LogP contribution in [0.15, 0.2) is 60.9 Å². The van der Waals surface area contributed by atoms with Crippen molar-refractivity contribution in [2.45, 2.75) is 18.8 Å². The highest BCUT2D eigenvalue weighted by Gasteiger charge is 2.23. The molecule has 2 aromatic heterocycles. The van der Waals surface area contributed by atoms with Crippen molar-refractivity contribution in [2.75, 3.05) is 30.3 Å². The van der Waals surface area contributed by atoms with Gasteiger partial charge in [0.25, 0.3) is 0 Å². The van der Waals surface area contributed by atoms with Crippen molar-refractivity contribution >= 4 is 23.4 Å². The van der Waals surface area contributed by atoms with Crippen LogP contribution >= 0.6 is 0 Å². The zero-order chi connectivity index (χ0) is 20.8. The smallest absolute Gasteiger partial charge is 0.238 e. The molecule has 0 atom stereocenters. The Morgan fingerprint density at radius 2 is 1.83 bits per heavy atom. The first kappa shape index (κ1) is 19.9. The number of nitrogens with zero attached hydrogens (tertiary/aromatic N) is 4. The van der Waals surface area contributed by atoms with E-state index in [2.05, 4.69) is 30.5 Å². The Kier molecular flexibility index (Phi) is 6.24. The van der Waals surface area contributed by atoms with Gasteiger partial charge in [0.15, 0.2) is 0 Å². The third-order valence-corrected chi connectivity index (χ3v) is 5.10. The van der Waals surface area contributed by atoms with Gasteiger partial charge in [-0.3, -0.25) is 9.69 Å². The summed E-state index contributed by atoms with van der Waals surface area (Å²) >= 11 is 0. The number of hydrogen-bond donors (Lipinski definition) is 2. The van der Waals surface area contributed by atoms with Gasteiger partial charge in [0.2, 0.25) is 11.9 Å². The fraction of sp³-hybridized carbons (Fsp3) is 0.273. The predicted octanol–water partition coefficient (Wildman–Crippen LogP) is 3.57. The number of aromatic nitrogens is 3. The normalized spacial score (nSPS) is 15.0. The van der Waals surface area contributed by atoms with Crippen molar-refractivity contribution in [1.82, 2.24) is 19.9 Å². The first-order valence-corrected chi connectivity index (χ1v) is 9.95. The number of carbonyl (C=O) groups excluding carboxylic acids is 1. The van der Waals surface area contributed by atoms with Crippen LogP contribution in [-0.2, 0) is 4.79 Å². The molecule has 1 aliphatic rings. The van der Waals surface area contributed by atoms with Crippen molar-refractivity contribution in [3.63, 3.8) is 0 Å². The Morgan fingerprint density at radius 3 is 2.60 bits per heavy atom. The maximum atomic E-state index is 13.7. The number of rotatable bonds is 6. The average Bonchev–Trinajstić information content (AvgIpc) is 2.77. The van der Waals surface area contributed by atoms with E-state index in [1.54, 1.807) is 30.6 Å². The minimum Gasteiger partial charge on any atom is -0.322 e. The summed E-state index contributed by atoms with van der Waals surface area (Å²) in [5, 5.41) is 5.76. The second kappa shape index (κ2) is 9.41. The van der Waals surface area contributed by atoms with Crippen LogP contribution in [0.2, 0.25) is 0 Å². The van der Waals surface area contributed by atoms with E-state index in [9.17, 15) is 9.18 Å². The number of hydrogen-bond acceptors (Lipinski definition) is 6. The lowest BCUT2D eigenvalue weighted by molar-refractivity contribution is -0.117. The summed E-state index contributed by atoms with van der Waals surface area (Å²) in [5.41, 5.74) is 1.20. The van der Waals surface area contributed by atoms with E-state index >= 15 is 0 Å². The third-order valence-electron chi connectivity index (χ3n) is 5.10. The van der Waals surface area contributed by atoms with Gasteiger partial charge in [0.05, 0.1) is 12.2 Å². The molecule has 1 aromatic carbocycles. The summed E-state index contributed by atoms with van der Waals surface area (Å²) < 4.78 is 13.7. The van der Waals surface area contributed by atoms with Gasteiger partial charge in [-0.25, -0.2) is 19.3 Å². The van der Waals surface area contributed by atoms with Crippen molar-refractivity contribution in [3.8, 4) is 0 Å². The number of anilines is 3. The van der Waals surface area contributed by atoms with Crippen LogP contribution in [0.5, 0.6) is 0 Å². The van der Waals surface area contributed by atoms with Crippen molar-refractivity contribution in [3.05, 3.63) is 72.4 Å². The highest BCUT2D eigenvalue weighted by molar-refractivity contribution is 5.92. The van der Waals surface area contributed by atoms with Crippen LogP contribution in [0.25, 0.3) is 0 Å². The third kappa shape index (κ3) is 5.15. The summed E-state index contributed by atoms with van der Waals surface area (Å²) in [5.74, 6) is 0.900. The molecule has 154 valence electrons. The number of piperidine rings is 1. The molecule has 1 fully saturated rings. The molecule has 2 N–H and O–H groups in total. The van der Waals surface area contributed by atoms with Crippen LogP contribution in [0.3, 0.4) is 0 Å². The lowest BCUT2D eigenvalue weighted by Gasteiger charge is -2.31. The van der Waals surface area contributed by atoms with Gasteiger partial charge >= 0.3 is 0 Å². The molecule has 1 aliphatic heterocycles. The summed E-state index contributed by atoms with van der Waals surface area (Å²) in [4.78, 5) is 27.5. The molecule has 4 rings (SSSR count). The van der Waals surface area contributed by atoms with Gasteiger partial charge in [-0.15, -0.1) is 0 Å². The van der Waals surface area contributed by atoms with Gasteiger partial charge in [0.1, 0.15) is 11.6 Å². The predicted molar refractivity (Wildman–Crippen MR) is 113 cm³/mol. The number of benzene rings is 1. The van der Waals surface area contributed by atoms with Gasteiger partial charge in [-0.1, -0.05) is 18.2 Å². The number of para-hydroxylation sites is 1. The zero-order valence-corrected chi connectivity index (χ0v) is 16.5. The SMILES string of the molecule is O=C(CN1CCC(c2ccnc(Nc3ccccn3)n2)CC1)Nc1ccccc1F. The van der Waals surface area contributed by atoms with E-state index in [0.717, 1.165) is 31.6 Å². The summed E-state index contributed by atoms with van der Waals surface area (Å²) in [7, 11) is 0. The fourth-order valence-corrected chi connectivity index (χ4v) is 3.55. The Balaban J connectivity index is 1.30. The molecule has 0 aliphatic carbocycles. The monoisotopic (exact) mass is 406 g/mol. The molecule has 8 heteroatoms. The number of pyridine rings is 1. The Hall–Kier alpha value is -3.39. The van der Waals surface area contributed by atoms with E-state index in [1.165, 1.54) is 6.07 Å². The second-order valence-corrected chi connectivity index (χ2v) is 7.22. The Morgan fingerprint density at radius 1 is 1.03 bits per heavy atom. The van der Waals surface area contributed by atoms with Crippen LogP contribution in [0.1, 0.15) is 24.5 Å². The molecule has 3 heterocycles. The summed E-state index contributed by atoms with van der Waals surface area (Å²) in [6.07, 6.45) is 5.26. The molecule has 0 saturated carbocycles. The lowest BCUT2D eigenvalue weighted by Crippen LogP contribution is -2.39. The molecule has 7 nitrogen and oxygen atoms in total. The maximum Gasteiger partial charge on any atom is 0.238 e. The van der Waals surface area contributed by atoms with Crippen LogP contribution < -0.4 is 10.6 Å². The van der Waals surface area contributed by atoms with Gasteiger partial charge in [-0.2, -0.15) is 0 Å². The Bertz CT molecular complexity index is 992. The fourth-order valence-electron chi connectivity index (χ4n) is 3.55. The van der Waals surface area contributed by atoms with Crippen molar-refractivity contribution < 1.29 is 9.18 Å². The number of amides is 1. The minimum absolute atomic E-state index is 0.206. The van der Waals surface area contributed by atoms with Gasteiger partial charge in [-0.05, 0) is 56.3 Å². The number of nitrogens with one attached hydrogen (secondary N) is 2. The molecule has 0 unspecified atom stereocenters. The summed E-state index contributed by atoms with van der Waals surface area (Å²) in [6.45, 7) is 1.81. The zero-order valence-electron chi connectivity index (χ0n) is 16.5. The van der Waals surface area contributed by atoms with Crippen molar-refractivity contribution in [2.24, 2.45) is 0 Å². The van der Waals surface area contributed by atoms with E-state index < -0.39 is 5.82 Å².